The standard InChI is InChI=1S/C9H12N2O2/c1-6-2-7(6)3-11-4-8(9(12)13)10-5-11/h4-7H,2-3H2,1H3,(H,12,13). The molecular weight excluding hydrogens is 168 g/mol. The SMILES string of the molecule is CC1CC1Cn1cnc(C(=O)O)c1. The third-order valence-electron chi connectivity index (χ3n) is 2.57. The van der Waals surface area contributed by atoms with Crippen LogP contribution in [0.3, 0.4) is 0 Å². The lowest BCUT2D eigenvalue weighted by Gasteiger charge is -1.97. The van der Waals surface area contributed by atoms with Crippen molar-refractivity contribution in [3.63, 3.8) is 0 Å². The Bertz CT molecular complexity index is 332. The van der Waals surface area contributed by atoms with Crippen LogP contribution in [0.25, 0.3) is 0 Å². The van der Waals surface area contributed by atoms with Gasteiger partial charge in [-0.05, 0) is 18.3 Å². The van der Waals surface area contributed by atoms with E-state index in [1.165, 1.54) is 6.42 Å². The minimum absolute atomic E-state index is 0.133. The summed E-state index contributed by atoms with van der Waals surface area (Å²) in [5, 5.41) is 8.62. The molecule has 2 rings (SSSR count). The molecule has 0 radical (unpaired) electrons. The van der Waals surface area contributed by atoms with Crippen LogP contribution in [0.2, 0.25) is 0 Å². The average Bonchev–Trinajstić information content (AvgIpc) is 2.61. The fourth-order valence-corrected chi connectivity index (χ4v) is 1.49. The van der Waals surface area contributed by atoms with Crippen LogP contribution in [0.4, 0.5) is 0 Å². The summed E-state index contributed by atoms with van der Waals surface area (Å²) in [6.45, 7) is 3.11. The van der Waals surface area contributed by atoms with Crippen LogP contribution >= 0.6 is 0 Å². The smallest absolute Gasteiger partial charge is 0.356 e. The van der Waals surface area contributed by atoms with Crippen molar-refractivity contribution < 1.29 is 9.90 Å². The van der Waals surface area contributed by atoms with Gasteiger partial charge in [-0.25, -0.2) is 9.78 Å². The van der Waals surface area contributed by atoms with Crippen molar-refractivity contribution in [2.75, 3.05) is 0 Å². The van der Waals surface area contributed by atoms with Gasteiger partial charge in [0.05, 0.1) is 6.33 Å². The predicted molar refractivity (Wildman–Crippen MR) is 46.5 cm³/mol. The van der Waals surface area contributed by atoms with Gasteiger partial charge in [-0.15, -0.1) is 0 Å². The van der Waals surface area contributed by atoms with E-state index in [9.17, 15) is 4.79 Å². The highest BCUT2D eigenvalue weighted by Gasteiger charge is 2.32. The molecule has 0 spiro atoms. The molecule has 0 aromatic carbocycles. The van der Waals surface area contributed by atoms with Crippen LogP contribution in [0.5, 0.6) is 0 Å². The van der Waals surface area contributed by atoms with Crippen molar-refractivity contribution in [1.29, 1.82) is 0 Å². The molecule has 1 fully saturated rings. The zero-order valence-electron chi connectivity index (χ0n) is 7.47. The first kappa shape index (κ1) is 8.29. The maximum Gasteiger partial charge on any atom is 0.356 e. The van der Waals surface area contributed by atoms with Gasteiger partial charge in [0.15, 0.2) is 5.69 Å². The molecule has 0 amide bonds. The Morgan fingerprint density at radius 2 is 2.54 bits per heavy atom. The molecule has 1 heterocycles. The van der Waals surface area contributed by atoms with E-state index >= 15 is 0 Å². The number of carboxylic acid groups (broad SMARTS) is 1. The largest absolute Gasteiger partial charge is 0.476 e. The van der Waals surface area contributed by atoms with Crippen LogP contribution in [0.15, 0.2) is 12.5 Å². The molecule has 1 aromatic rings. The summed E-state index contributed by atoms with van der Waals surface area (Å²) >= 11 is 0. The van der Waals surface area contributed by atoms with E-state index in [1.807, 2.05) is 4.57 Å². The normalized spacial score (nSPS) is 25.9. The van der Waals surface area contributed by atoms with Gasteiger partial charge in [0.2, 0.25) is 0 Å². The Kier molecular flexibility index (Phi) is 1.83. The number of aromatic nitrogens is 2. The third-order valence-corrected chi connectivity index (χ3v) is 2.57. The molecule has 0 saturated heterocycles. The molecule has 4 nitrogen and oxygen atoms in total. The first-order chi connectivity index (χ1) is 6.16. The van der Waals surface area contributed by atoms with Crippen molar-refractivity contribution in [1.82, 2.24) is 9.55 Å². The summed E-state index contributed by atoms with van der Waals surface area (Å²) in [6.07, 6.45) is 4.43. The number of aromatic carboxylic acids is 1. The minimum atomic E-state index is -0.956. The molecule has 1 aromatic heterocycles. The molecule has 2 unspecified atom stereocenters. The predicted octanol–water partition coefficient (Wildman–Crippen LogP) is 1.24. The van der Waals surface area contributed by atoms with Gasteiger partial charge < -0.3 is 9.67 Å². The lowest BCUT2D eigenvalue weighted by Crippen LogP contribution is -1.98. The molecular formula is C9H12N2O2. The van der Waals surface area contributed by atoms with Crippen LogP contribution < -0.4 is 0 Å². The number of imidazole rings is 1. The second-order valence-corrected chi connectivity index (χ2v) is 3.73. The van der Waals surface area contributed by atoms with Gasteiger partial charge in [0.1, 0.15) is 0 Å². The molecule has 13 heavy (non-hydrogen) atoms. The molecule has 0 bridgehead atoms. The maximum atomic E-state index is 10.5. The molecule has 1 saturated carbocycles. The van der Waals surface area contributed by atoms with E-state index in [0.29, 0.717) is 0 Å². The fraction of sp³-hybridized carbons (Fsp3) is 0.556. The summed E-state index contributed by atoms with van der Waals surface area (Å²) in [5.74, 6) is 0.550. The van der Waals surface area contributed by atoms with E-state index < -0.39 is 5.97 Å². The van der Waals surface area contributed by atoms with Gasteiger partial charge in [0, 0.05) is 12.7 Å². The lowest BCUT2D eigenvalue weighted by molar-refractivity contribution is 0.0691. The van der Waals surface area contributed by atoms with Gasteiger partial charge in [0.25, 0.3) is 0 Å². The Morgan fingerprint density at radius 1 is 1.85 bits per heavy atom. The molecule has 4 heteroatoms. The Morgan fingerprint density at radius 3 is 3.00 bits per heavy atom. The first-order valence-corrected chi connectivity index (χ1v) is 4.42. The third kappa shape index (κ3) is 1.71. The molecule has 0 aliphatic heterocycles. The zero-order valence-corrected chi connectivity index (χ0v) is 7.47. The zero-order chi connectivity index (χ0) is 9.42. The highest BCUT2D eigenvalue weighted by molar-refractivity contribution is 5.84. The monoisotopic (exact) mass is 180 g/mol. The number of hydrogen-bond donors (Lipinski definition) is 1. The summed E-state index contributed by atoms with van der Waals surface area (Å²) < 4.78 is 1.86. The van der Waals surface area contributed by atoms with Crippen LogP contribution in [0.1, 0.15) is 23.8 Å². The quantitative estimate of drug-likeness (QED) is 0.761. The van der Waals surface area contributed by atoms with Crippen LogP contribution in [0, 0.1) is 11.8 Å². The second kappa shape index (κ2) is 2.87. The maximum absolute atomic E-state index is 10.5. The van der Waals surface area contributed by atoms with E-state index in [-0.39, 0.29) is 5.69 Å². The first-order valence-electron chi connectivity index (χ1n) is 4.42. The molecule has 70 valence electrons. The minimum Gasteiger partial charge on any atom is -0.476 e. The fourth-order valence-electron chi connectivity index (χ4n) is 1.49. The molecule has 1 N–H and O–H groups in total. The summed E-state index contributed by atoms with van der Waals surface area (Å²) in [6, 6.07) is 0. The van der Waals surface area contributed by atoms with Crippen molar-refractivity contribution in [2.45, 2.75) is 19.9 Å². The molecule has 1 aliphatic rings. The number of rotatable bonds is 3. The summed E-state index contributed by atoms with van der Waals surface area (Å²) in [5.41, 5.74) is 0.133. The highest BCUT2D eigenvalue weighted by atomic mass is 16.4. The number of carbonyl (C=O) groups is 1. The average molecular weight is 180 g/mol. The van der Waals surface area contributed by atoms with Gasteiger partial charge in [-0.3, -0.25) is 0 Å². The van der Waals surface area contributed by atoms with E-state index in [0.717, 1.165) is 18.4 Å². The van der Waals surface area contributed by atoms with Crippen molar-refractivity contribution in [2.24, 2.45) is 11.8 Å². The van der Waals surface area contributed by atoms with Crippen molar-refractivity contribution in [3.8, 4) is 0 Å². The van der Waals surface area contributed by atoms with Gasteiger partial charge in [-0.2, -0.15) is 0 Å². The van der Waals surface area contributed by atoms with Crippen molar-refractivity contribution >= 4 is 5.97 Å². The number of nitrogens with zero attached hydrogens (tertiary/aromatic N) is 2. The van der Waals surface area contributed by atoms with Crippen molar-refractivity contribution in [3.05, 3.63) is 18.2 Å². The van der Waals surface area contributed by atoms with Crippen LogP contribution in [-0.2, 0) is 6.54 Å². The Labute approximate surface area is 76.2 Å². The second-order valence-electron chi connectivity index (χ2n) is 3.73. The van der Waals surface area contributed by atoms with Crippen LogP contribution in [-0.4, -0.2) is 20.6 Å². The van der Waals surface area contributed by atoms with E-state index in [4.69, 9.17) is 5.11 Å². The van der Waals surface area contributed by atoms with E-state index in [1.54, 1.807) is 12.5 Å². The Hall–Kier alpha value is -1.32. The summed E-state index contributed by atoms with van der Waals surface area (Å²) in [4.78, 5) is 14.3. The molecule has 2 atom stereocenters. The number of carboxylic acids is 1. The molecule has 1 aliphatic carbocycles. The van der Waals surface area contributed by atoms with Gasteiger partial charge >= 0.3 is 5.97 Å². The highest BCUT2D eigenvalue weighted by Crippen LogP contribution is 2.38. The van der Waals surface area contributed by atoms with Gasteiger partial charge in [-0.1, -0.05) is 6.92 Å². The Balaban J connectivity index is 2.01. The van der Waals surface area contributed by atoms with E-state index in [2.05, 4.69) is 11.9 Å². The lowest BCUT2D eigenvalue weighted by atomic mass is 10.3. The number of hydrogen-bond acceptors (Lipinski definition) is 2. The summed E-state index contributed by atoms with van der Waals surface area (Å²) in [7, 11) is 0. The topological polar surface area (TPSA) is 55.1 Å².